The summed E-state index contributed by atoms with van der Waals surface area (Å²) < 4.78 is 6.53. The van der Waals surface area contributed by atoms with Crippen LogP contribution in [0.15, 0.2) is 175 Å². The van der Waals surface area contributed by atoms with E-state index in [1.807, 2.05) is 24.5 Å². The summed E-state index contributed by atoms with van der Waals surface area (Å²) in [5, 5.41) is 11.1. The third kappa shape index (κ3) is 4.79. The van der Waals surface area contributed by atoms with Crippen LogP contribution in [0.2, 0.25) is 0 Å². The van der Waals surface area contributed by atoms with Crippen molar-refractivity contribution >= 4 is 65.0 Å². The van der Waals surface area contributed by atoms with Crippen molar-refractivity contribution < 1.29 is 4.42 Å². The zero-order valence-corrected chi connectivity index (χ0v) is 28.4. The SMILES string of the molecule is c1ccc2cc(-c3nc(-c4ccc5ccccc5c4)nc(-c4ccc(-c5cccc6oc7c8cnccc8ccc7c56)c5ccccc45)n3)ccc2c1. The fourth-order valence-corrected chi connectivity index (χ4v) is 7.81. The van der Waals surface area contributed by atoms with E-state index in [9.17, 15) is 0 Å². The van der Waals surface area contributed by atoms with Crippen LogP contribution in [0, 0.1) is 0 Å². The van der Waals surface area contributed by atoms with Gasteiger partial charge >= 0.3 is 0 Å². The lowest BCUT2D eigenvalue weighted by Crippen LogP contribution is -2.01. The Kier molecular flexibility index (Phi) is 6.48. The lowest BCUT2D eigenvalue weighted by atomic mass is 9.92. The molecular formula is C48H28N4O. The molecule has 0 fully saturated rings. The van der Waals surface area contributed by atoms with E-state index in [0.717, 1.165) is 82.1 Å². The highest BCUT2D eigenvalue weighted by Crippen LogP contribution is 2.43. The van der Waals surface area contributed by atoms with Crippen LogP contribution in [0.5, 0.6) is 0 Å². The molecule has 11 rings (SSSR count). The van der Waals surface area contributed by atoms with Gasteiger partial charge in [-0.05, 0) is 85.2 Å². The van der Waals surface area contributed by atoms with Crippen molar-refractivity contribution in [3.63, 3.8) is 0 Å². The zero-order valence-electron chi connectivity index (χ0n) is 28.4. The predicted molar refractivity (Wildman–Crippen MR) is 217 cm³/mol. The van der Waals surface area contributed by atoms with Crippen molar-refractivity contribution in [2.24, 2.45) is 0 Å². The molecule has 0 amide bonds. The summed E-state index contributed by atoms with van der Waals surface area (Å²) in [4.78, 5) is 19.9. The number of pyridine rings is 1. The number of nitrogens with zero attached hydrogens (tertiary/aromatic N) is 4. The van der Waals surface area contributed by atoms with Crippen LogP contribution in [-0.2, 0) is 0 Å². The van der Waals surface area contributed by atoms with Gasteiger partial charge in [0, 0.05) is 45.2 Å². The Balaban J connectivity index is 1.13. The standard InChI is InChI=1S/C48H28N4O/c1-3-10-32-26-34(18-16-29(32)8-1)46-50-47(35-19-17-30-9-2-4-11-33(30)27-35)52-48(51-46)40-23-22-38(36-12-5-6-13-37(36)40)39-14-7-15-43-44(39)41-21-20-31-24-25-49-28-42(31)45(41)53-43/h1-28H. The molecule has 246 valence electrons. The second-order valence-electron chi connectivity index (χ2n) is 13.5. The molecule has 53 heavy (non-hydrogen) atoms. The van der Waals surface area contributed by atoms with Crippen LogP contribution in [0.4, 0.5) is 0 Å². The molecule has 5 nitrogen and oxygen atoms in total. The molecule has 5 heteroatoms. The highest BCUT2D eigenvalue weighted by atomic mass is 16.3. The van der Waals surface area contributed by atoms with Crippen molar-refractivity contribution in [2.75, 3.05) is 0 Å². The number of aromatic nitrogens is 4. The molecule has 0 saturated carbocycles. The number of fused-ring (bicyclic) bond motifs is 8. The summed E-state index contributed by atoms with van der Waals surface area (Å²) in [6, 6.07) is 55.0. The Morgan fingerprint density at radius 3 is 1.70 bits per heavy atom. The fourth-order valence-electron chi connectivity index (χ4n) is 7.81. The summed E-state index contributed by atoms with van der Waals surface area (Å²) >= 11 is 0. The number of hydrogen-bond donors (Lipinski definition) is 0. The van der Waals surface area contributed by atoms with Gasteiger partial charge in [-0.15, -0.1) is 0 Å². The summed E-state index contributed by atoms with van der Waals surface area (Å²) in [5.74, 6) is 1.89. The predicted octanol–water partition coefficient (Wildman–Crippen LogP) is 12.4. The van der Waals surface area contributed by atoms with Gasteiger partial charge in [-0.1, -0.05) is 121 Å². The maximum Gasteiger partial charge on any atom is 0.164 e. The smallest absolute Gasteiger partial charge is 0.164 e. The van der Waals surface area contributed by atoms with E-state index in [1.165, 1.54) is 10.8 Å². The molecule has 11 aromatic rings. The van der Waals surface area contributed by atoms with E-state index in [-0.39, 0.29) is 0 Å². The molecule has 0 spiro atoms. The summed E-state index contributed by atoms with van der Waals surface area (Å²) in [6.07, 6.45) is 3.70. The first-order valence-corrected chi connectivity index (χ1v) is 17.7. The molecule has 8 aromatic carbocycles. The molecule has 0 unspecified atom stereocenters. The Morgan fingerprint density at radius 2 is 0.981 bits per heavy atom. The number of benzene rings is 8. The van der Waals surface area contributed by atoms with Gasteiger partial charge in [0.05, 0.1) is 0 Å². The van der Waals surface area contributed by atoms with Gasteiger partial charge in [0.15, 0.2) is 17.5 Å². The van der Waals surface area contributed by atoms with E-state index in [0.29, 0.717) is 17.5 Å². The molecule has 0 aliphatic heterocycles. The second-order valence-corrected chi connectivity index (χ2v) is 13.5. The zero-order chi connectivity index (χ0) is 34.9. The first kappa shape index (κ1) is 29.5. The molecule has 0 radical (unpaired) electrons. The van der Waals surface area contributed by atoms with E-state index in [1.54, 1.807) is 0 Å². The Hall–Kier alpha value is -7.24. The van der Waals surface area contributed by atoms with Crippen LogP contribution in [-0.4, -0.2) is 19.9 Å². The maximum absolute atomic E-state index is 6.53. The van der Waals surface area contributed by atoms with Gasteiger partial charge in [0.1, 0.15) is 11.2 Å². The van der Waals surface area contributed by atoms with Gasteiger partial charge in [-0.2, -0.15) is 0 Å². The van der Waals surface area contributed by atoms with Gasteiger partial charge < -0.3 is 4.42 Å². The Labute approximate surface area is 303 Å². The van der Waals surface area contributed by atoms with Crippen LogP contribution in [0.3, 0.4) is 0 Å². The molecular weight excluding hydrogens is 649 g/mol. The largest absolute Gasteiger partial charge is 0.455 e. The van der Waals surface area contributed by atoms with Crippen LogP contribution < -0.4 is 0 Å². The van der Waals surface area contributed by atoms with Crippen molar-refractivity contribution in [2.45, 2.75) is 0 Å². The van der Waals surface area contributed by atoms with Gasteiger partial charge in [0.2, 0.25) is 0 Å². The molecule has 3 aromatic heterocycles. The summed E-state index contributed by atoms with van der Waals surface area (Å²) in [7, 11) is 0. The van der Waals surface area contributed by atoms with Crippen molar-refractivity contribution in [1.82, 2.24) is 19.9 Å². The minimum Gasteiger partial charge on any atom is -0.455 e. The molecule has 0 N–H and O–H groups in total. The van der Waals surface area contributed by atoms with Crippen LogP contribution in [0.1, 0.15) is 0 Å². The van der Waals surface area contributed by atoms with Gasteiger partial charge in [0.25, 0.3) is 0 Å². The summed E-state index contributed by atoms with van der Waals surface area (Å²) in [6.45, 7) is 0. The number of rotatable bonds is 4. The first-order chi connectivity index (χ1) is 26.2. The molecule has 3 heterocycles. The molecule has 0 saturated heterocycles. The minimum atomic E-state index is 0.625. The normalized spacial score (nSPS) is 11.8. The van der Waals surface area contributed by atoms with Crippen molar-refractivity contribution in [1.29, 1.82) is 0 Å². The molecule has 0 aliphatic carbocycles. The van der Waals surface area contributed by atoms with Crippen molar-refractivity contribution in [3.8, 4) is 45.3 Å². The number of furan rings is 1. The van der Waals surface area contributed by atoms with E-state index < -0.39 is 0 Å². The third-order valence-corrected chi connectivity index (χ3v) is 10.4. The fraction of sp³-hybridized carbons (Fsp3) is 0. The quantitative estimate of drug-likeness (QED) is 0.186. The molecule has 0 aliphatic rings. The molecule has 0 bridgehead atoms. The highest BCUT2D eigenvalue weighted by molar-refractivity contribution is 6.20. The first-order valence-electron chi connectivity index (χ1n) is 17.7. The lowest BCUT2D eigenvalue weighted by molar-refractivity contribution is 0.672. The third-order valence-electron chi connectivity index (χ3n) is 10.4. The number of hydrogen-bond acceptors (Lipinski definition) is 5. The summed E-state index contributed by atoms with van der Waals surface area (Å²) in [5.41, 5.74) is 6.75. The highest BCUT2D eigenvalue weighted by Gasteiger charge is 2.19. The molecule has 0 atom stereocenters. The average molecular weight is 677 g/mol. The second kappa shape index (κ2) is 11.7. The lowest BCUT2D eigenvalue weighted by Gasteiger charge is -2.14. The van der Waals surface area contributed by atoms with E-state index >= 15 is 0 Å². The van der Waals surface area contributed by atoms with Crippen molar-refractivity contribution in [3.05, 3.63) is 170 Å². The van der Waals surface area contributed by atoms with E-state index in [4.69, 9.17) is 19.4 Å². The van der Waals surface area contributed by atoms with E-state index in [2.05, 4.69) is 151 Å². The Morgan fingerprint density at radius 1 is 0.377 bits per heavy atom. The Bertz CT molecular complexity index is 3160. The monoisotopic (exact) mass is 676 g/mol. The van der Waals surface area contributed by atoms with Crippen LogP contribution in [0.25, 0.3) is 110 Å². The maximum atomic E-state index is 6.53. The topological polar surface area (TPSA) is 64.7 Å². The minimum absolute atomic E-state index is 0.625. The van der Waals surface area contributed by atoms with Crippen LogP contribution >= 0.6 is 0 Å². The van der Waals surface area contributed by atoms with Gasteiger partial charge in [-0.25, -0.2) is 15.0 Å². The average Bonchev–Trinajstić information content (AvgIpc) is 3.62. The van der Waals surface area contributed by atoms with Gasteiger partial charge in [-0.3, -0.25) is 4.98 Å².